The van der Waals surface area contributed by atoms with E-state index in [0.29, 0.717) is 12.0 Å². The Morgan fingerprint density at radius 3 is 2.06 bits per heavy atom. The SMILES string of the molecule is CC(C)(C)OC(=O)NC(C)(C)[C@H]1CC[C@H](N)CC1. The quantitative estimate of drug-likeness (QED) is 0.798. The van der Waals surface area contributed by atoms with Gasteiger partial charge in [-0.25, -0.2) is 4.79 Å². The maximum atomic E-state index is 11.8. The molecule has 0 aromatic rings. The fourth-order valence-corrected chi connectivity index (χ4v) is 2.51. The van der Waals surface area contributed by atoms with Crippen LogP contribution in [0.4, 0.5) is 4.79 Å². The number of hydrogen-bond acceptors (Lipinski definition) is 3. The number of alkyl carbamates (subject to hydrolysis) is 1. The summed E-state index contributed by atoms with van der Waals surface area (Å²) in [6.07, 6.45) is 3.91. The Labute approximate surface area is 111 Å². The molecule has 0 spiro atoms. The first-order valence-electron chi connectivity index (χ1n) is 6.87. The zero-order valence-electron chi connectivity index (χ0n) is 12.4. The number of rotatable bonds is 2. The van der Waals surface area contributed by atoms with E-state index >= 15 is 0 Å². The third-order valence-corrected chi connectivity index (χ3v) is 3.62. The molecule has 0 unspecified atom stereocenters. The number of hydrogen-bond donors (Lipinski definition) is 2. The van der Waals surface area contributed by atoms with Crippen LogP contribution in [-0.2, 0) is 4.74 Å². The van der Waals surface area contributed by atoms with Gasteiger partial charge in [-0.3, -0.25) is 0 Å². The van der Waals surface area contributed by atoms with Gasteiger partial charge in [0.2, 0.25) is 0 Å². The first-order valence-corrected chi connectivity index (χ1v) is 6.87. The van der Waals surface area contributed by atoms with Gasteiger partial charge in [-0.2, -0.15) is 0 Å². The molecule has 106 valence electrons. The lowest BCUT2D eigenvalue weighted by atomic mass is 9.75. The normalized spacial score (nSPS) is 25.7. The van der Waals surface area contributed by atoms with Gasteiger partial charge in [0.05, 0.1) is 0 Å². The zero-order valence-corrected chi connectivity index (χ0v) is 12.4. The van der Waals surface area contributed by atoms with Gasteiger partial charge in [0, 0.05) is 11.6 Å². The molecule has 18 heavy (non-hydrogen) atoms. The lowest BCUT2D eigenvalue weighted by Gasteiger charge is -2.39. The molecule has 0 aromatic heterocycles. The van der Waals surface area contributed by atoms with E-state index in [0.717, 1.165) is 25.7 Å². The molecule has 1 fully saturated rings. The van der Waals surface area contributed by atoms with Crippen LogP contribution in [0.15, 0.2) is 0 Å². The van der Waals surface area contributed by atoms with E-state index in [2.05, 4.69) is 19.2 Å². The Morgan fingerprint density at radius 2 is 1.61 bits per heavy atom. The van der Waals surface area contributed by atoms with Crippen molar-refractivity contribution in [1.29, 1.82) is 0 Å². The monoisotopic (exact) mass is 256 g/mol. The number of carbonyl (C=O) groups is 1. The fraction of sp³-hybridized carbons (Fsp3) is 0.929. The molecule has 1 aliphatic carbocycles. The zero-order chi connectivity index (χ0) is 14.0. The first-order chi connectivity index (χ1) is 8.10. The Bertz CT molecular complexity index is 287. The Balaban J connectivity index is 2.51. The van der Waals surface area contributed by atoms with Crippen LogP contribution in [-0.4, -0.2) is 23.3 Å². The minimum atomic E-state index is -0.449. The van der Waals surface area contributed by atoms with Crippen molar-refractivity contribution < 1.29 is 9.53 Å². The molecular weight excluding hydrogens is 228 g/mol. The molecule has 0 saturated heterocycles. The number of ether oxygens (including phenoxy) is 1. The first kappa shape index (κ1) is 15.3. The highest BCUT2D eigenvalue weighted by Gasteiger charge is 2.34. The molecule has 0 radical (unpaired) electrons. The van der Waals surface area contributed by atoms with Gasteiger partial charge >= 0.3 is 6.09 Å². The van der Waals surface area contributed by atoms with Crippen molar-refractivity contribution in [3.8, 4) is 0 Å². The van der Waals surface area contributed by atoms with Crippen LogP contribution in [0.2, 0.25) is 0 Å². The molecule has 1 rings (SSSR count). The van der Waals surface area contributed by atoms with Crippen LogP contribution in [0.3, 0.4) is 0 Å². The van der Waals surface area contributed by atoms with E-state index in [-0.39, 0.29) is 11.6 Å². The fourth-order valence-electron chi connectivity index (χ4n) is 2.51. The van der Waals surface area contributed by atoms with Gasteiger partial charge < -0.3 is 15.8 Å². The lowest BCUT2D eigenvalue weighted by Crippen LogP contribution is -2.52. The Morgan fingerprint density at radius 1 is 1.11 bits per heavy atom. The summed E-state index contributed by atoms with van der Waals surface area (Å²) in [6, 6.07) is 0.332. The molecule has 3 N–H and O–H groups in total. The summed E-state index contributed by atoms with van der Waals surface area (Å²) in [5.41, 5.74) is 5.23. The number of carbonyl (C=O) groups excluding carboxylic acids is 1. The Hall–Kier alpha value is -0.770. The van der Waals surface area contributed by atoms with Gasteiger partial charge in [-0.1, -0.05) is 0 Å². The second kappa shape index (κ2) is 5.47. The molecule has 0 aliphatic heterocycles. The van der Waals surface area contributed by atoms with Crippen LogP contribution in [0.5, 0.6) is 0 Å². The van der Waals surface area contributed by atoms with E-state index in [1.54, 1.807) is 0 Å². The summed E-state index contributed by atoms with van der Waals surface area (Å²) < 4.78 is 5.31. The molecule has 1 amide bonds. The average Bonchev–Trinajstić information content (AvgIpc) is 2.13. The highest BCUT2D eigenvalue weighted by Crippen LogP contribution is 2.32. The topological polar surface area (TPSA) is 64.3 Å². The van der Waals surface area contributed by atoms with Crippen LogP contribution in [0.25, 0.3) is 0 Å². The highest BCUT2D eigenvalue weighted by atomic mass is 16.6. The molecule has 4 heteroatoms. The van der Waals surface area contributed by atoms with Crippen molar-refractivity contribution in [2.75, 3.05) is 0 Å². The van der Waals surface area contributed by atoms with Gasteiger partial charge in [0.25, 0.3) is 0 Å². The third-order valence-electron chi connectivity index (χ3n) is 3.62. The minimum absolute atomic E-state index is 0.234. The summed E-state index contributed by atoms with van der Waals surface area (Å²) >= 11 is 0. The number of nitrogens with one attached hydrogen (secondary N) is 1. The van der Waals surface area contributed by atoms with Crippen molar-refractivity contribution in [3.63, 3.8) is 0 Å². The predicted molar refractivity (Wildman–Crippen MR) is 73.4 cm³/mol. The van der Waals surface area contributed by atoms with Crippen molar-refractivity contribution >= 4 is 6.09 Å². The van der Waals surface area contributed by atoms with E-state index in [1.165, 1.54) is 0 Å². The van der Waals surface area contributed by atoms with E-state index in [9.17, 15) is 4.79 Å². The molecule has 0 heterocycles. The van der Waals surface area contributed by atoms with Crippen molar-refractivity contribution in [1.82, 2.24) is 5.32 Å². The summed E-state index contributed by atoms with van der Waals surface area (Å²) in [7, 11) is 0. The van der Waals surface area contributed by atoms with Gasteiger partial charge in [-0.15, -0.1) is 0 Å². The second-order valence-electron chi connectivity index (χ2n) is 6.96. The number of amides is 1. The largest absolute Gasteiger partial charge is 0.444 e. The number of nitrogens with two attached hydrogens (primary N) is 1. The van der Waals surface area contributed by atoms with Gasteiger partial charge in [0.1, 0.15) is 5.60 Å². The second-order valence-corrected chi connectivity index (χ2v) is 6.96. The maximum absolute atomic E-state index is 11.8. The summed E-state index contributed by atoms with van der Waals surface area (Å²) in [4.78, 5) is 11.8. The molecule has 4 nitrogen and oxygen atoms in total. The van der Waals surface area contributed by atoms with Crippen molar-refractivity contribution in [2.45, 2.75) is 77.5 Å². The molecule has 0 aromatic carbocycles. The van der Waals surface area contributed by atoms with Crippen LogP contribution in [0.1, 0.15) is 60.3 Å². The maximum Gasteiger partial charge on any atom is 0.408 e. The van der Waals surface area contributed by atoms with E-state index in [4.69, 9.17) is 10.5 Å². The highest BCUT2D eigenvalue weighted by molar-refractivity contribution is 5.68. The van der Waals surface area contributed by atoms with Crippen LogP contribution < -0.4 is 11.1 Å². The van der Waals surface area contributed by atoms with Gasteiger partial charge in [0.15, 0.2) is 0 Å². The summed E-state index contributed by atoms with van der Waals surface area (Å²) in [5.74, 6) is 0.477. The summed E-state index contributed by atoms with van der Waals surface area (Å²) in [5, 5.41) is 3.00. The lowest BCUT2D eigenvalue weighted by molar-refractivity contribution is 0.0415. The van der Waals surface area contributed by atoms with Gasteiger partial charge in [-0.05, 0) is 66.2 Å². The smallest absolute Gasteiger partial charge is 0.408 e. The van der Waals surface area contributed by atoms with E-state index in [1.807, 2.05) is 20.8 Å². The Kier molecular flexibility index (Phi) is 4.65. The van der Waals surface area contributed by atoms with Crippen molar-refractivity contribution in [2.24, 2.45) is 11.7 Å². The van der Waals surface area contributed by atoms with Crippen molar-refractivity contribution in [3.05, 3.63) is 0 Å². The molecule has 0 atom stereocenters. The molecule has 1 saturated carbocycles. The van der Waals surface area contributed by atoms with E-state index < -0.39 is 5.60 Å². The summed E-state index contributed by atoms with van der Waals surface area (Å²) in [6.45, 7) is 9.76. The van der Waals surface area contributed by atoms with Crippen LogP contribution >= 0.6 is 0 Å². The minimum Gasteiger partial charge on any atom is -0.444 e. The predicted octanol–water partition coefficient (Wildman–Crippen LogP) is 2.81. The third kappa shape index (κ3) is 4.84. The average molecular weight is 256 g/mol. The molecule has 1 aliphatic rings. The molecule has 0 bridgehead atoms. The molecular formula is C14H28N2O2. The van der Waals surface area contributed by atoms with Crippen LogP contribution in [0, 0.1) is 5.92 Å². The standard InChI is InChI=1S/C14H28N2O2/c1-13(2,3)18-12(17)16-14(4,5)10-6-8-11(15)9-7-10/h10-11H,6-9,15H2,1-5H3,(H,16,17)/t10-,11-.